The molecule has 6 heteroatoms. The molecule has 0 aromatic carbocycles. The van der Waals surface area contributed by atoms with E-state index in [-0.39, 0.29) is 18.4 Å². The second-order valence-corrected chi connectivity index (χ2v) is 4.49. The molecule has 3 N–H and O–H groups in total. The van der Waals surface area contributed by atoms with E-state index in [1.54, 1.807) is 12.1 Å². The zero-order valence-electron chi connectivity index (χ0n) is 10.9. The summed E-state index contributed by atoms with van der Waals surface area (Å²) in [6, 6.07) is 3.73. The summed E-state index contributed by atoms with van der Waals surface area (Å²) >= 11 is 0. The Bertz CT molecular complexity index is 454. The third kappa shape index (κ3) is 4.24. The van der Waals surface area contributed by atoms with Crippen molar-refractivity contribution in [2.45, 2.75) is 25.8 Å². The molecule has 0 aliphatic heterocycles. The Morgan fingerprint density at radius 2 is 2.16 bits per heavy atom. The molecule has 0 radical (unpaired) electrons. The topological polar surface area (TPSA) is 83.1 Å². The Hall–Kier alpha value is -2.11. The molecule has 0 saturated heterocycles. The Morgan fingerprint density at radius 1 is 1.37 bits per heavy atom. The average Bonchev–Trinajstić information content (AvgIpc) is 3.21. The molecule has 1 heterocycles. The van der Waals surface area contributed by atoms with E-state index in [4.69, 9.17) is 0 Å². The molecule has 1 saturated carbocycles. The van der Waals surface area contributed by atoms with Crippen molar-refractivity contribution in [3.8, 4) is 0 Å². The summed E-state index contributed by atoms with van der Waals surface area (Å²) in [5.74, 6) is 0.292. The smallest absolute Gasteiger partial charge is 0.253 e. The van der Waals surface area contributed by atoms with Gasteiger partial charge in [0.2, 0.25) is 5.91 Å². The molecule has 2 rings (SSSR count). The van der Waals surface area contributed by atoms with E-state index in [0.29, 0.717) is 11.6 Å². The number of anilines is 1. The van der Waals surface area contributed by atoms with Crippen molar-refractivity contribution in [3.63, 3.8) is 0 Å². The van der Waals surface area contributed by atoms with E-state index in [9.17, 15) is 9.59 Å². The highest BCUT2D eigenvalue weighted by Gasteiger charge is 2.23. The summed E-state index contributed by atoms with van der Waals surface area (Å²) in [6.45, 7) is 2.75. The van der Waals surface area contributed by atoms with Crippen molar-refractivity contribution in [3.05, 3.63) is 23.9 Å². The van der Waals surface area contributed by atoms with Gasteiger partial charge in [-0.15, -0.1) is 0 Å². The molecule has 0 bridgehead atoms. The highest BCUT2D eigenvalue weighted by molar-refractivity contribution is 5.96. The van der Waals surface area contributed by atoms with Crippen molar-refractivity contribution in [2.75, 3.05) is 18.4 Å². The standard InChI is InChI=1S/C13H18N4O2/c1-2-14-11-6-3-9(7-15-11)13(19)16-8-12(18)17-10-4-5-10/h3,6-7,10H,2,4-5,8H2,1H3,(H,14,15)(H,16,19)(H,17,18). The first kappa shape index (κ1) is 13.3. The molecule has 2 amide bonds. The zero-order chi connectivity index (χ0) is 13.7. The number of nitrogens with one attached hydrogen (secondary N) is 3. The molecular weight excluding hydrogens is 244 g/mol. The van der Waals surface area contributed by atoms with Gasteiger partial charge >= 0.3 is 0 Å². The Kier molecular flexibility index (Phi) is 4.33. The maximum absolute atomic E-state index is 11.8. The molecule has 0 unspecified atom stereocenters. The fourth-order valence-electron chi connectivity index (χ4n) is 1.58. The maximum atomic E-state index is 11.8. The van der Waals surface area contributed by atoms with Gasteiger partial charge in [-0.25, -0.2) is 4.98 Å². The minimum atomic E-state index is -0.290. The van der Waals surface area contributed by atoms with Gasteiger partial charge in [0.25, 0.3) is 5.91 Å². The van der Waals surface area contributed by atoms with E-state index in [1.165, 1.54) is 6.20 Å². The quantitative estimate of drug-likeness (QED) is 0.698. The second-order valence-electron chi connectivity index (χ2n) is 4.49. The Morgan fingerprint density at radius 3 is 2.74 bits per heavy atom. The lowest BCUT2D eigenvalue weighted by Gasteiger charge is -2.06. The van der Waals surface area contributed by atoms with Crippen LogP contribution in [0.2, 0.25) is 0 Å². The molecule has 0 spiro atoms. The van der Waals surface area contributed by atoms with Crippen LogP contribution in [0, 0.1) is 0 Å². The predicted molar refractivity (Wildman–Crippen MR) is 71.9 cm³/mol. The van der Waals surface area contributed by atoms with Crippen LogP contribution < -0.4 is 16.0 Å². The number of carbonyl (C=O) groups is 2. The number of carbonyl (C=O) groups excluding carboxylic acids is 2. The first-order valence-electron chi connectivity index (χ1n) is 6.46. The van der Waals surface area contributed by atoms with Gasteiger partial charge in [0, 0.05) is 18.8 Å². The SMILES string of the molecule is CCNc1ccc(C(=O)NCC(=O)NC2CC2)cn1. The van der Waals surface area contributed by atoms with Gasteiger partial charge in [-0.2, -0.15) is 0 Å². The fraction of sp³-hybridized carbons (Fsp3) is 0.462. The molecular formula is C13H18N4O2. The maximum Gasteiger partial charge on any atom is 0.253 e. The Balaban J connectivity index is 1.79. The molecule has 102 valence electrons. The van der Waals surface area contributed by atoms with Crippen LogP contribution >= 0.6 is 0 Å². The van der Waals surface area contributed by atoms with Crippen LogP contribution in [-0.2, 0) is 4.79 Å². The van der Waals surface area contributed by atoms with Crippen molar-refractivity contribution in [1.82, 2.24) is 15.6 Å². The lowest BCUT2D eigenvalue weighted by Crippen LogP contribution is -2.37. The van der Waals surface area contributed by atoms with Crippen LogP contribution in [-0.4, -0.2) is 35.9 Å². The van der Waals surface area contributed by atoms with E-state index >= 15 is 0 Å². The van der Waals surface area contributed by atoms with E-state index in [1.807, 2.05) is 6.92 Å². The third-order valence-corrected chi connectivity index (χ3v) is 2.74. The molecule has 1 aliphatic carbocycles. The van der Waals surface area contributed by atoms with Gasteiger partial charge in [0.15, 0.2) is 0 Å². The van der Waals surface area contributed by atoms with Crippen LogP contribution in [0.25, 0.3) is 0 Å². The fourth-order valence-corrected chi connectivity index (χ4v) is 1.58. The molecule has 19 heavy (non-hydrogen) atoms. The van der Waals surface area contributed by atoms with Crippen molar-refractivity contribution < 1.29 is 9.59 Å². The number of hydrogen-bond donors (Lipinski definition) is 3. The first-order valence-corrected chi connectivity index (χ1v) is 6.46. The summed E-state index contributed by atoms with van der Waals surface area (Å²) in [5, 5.41) is 8.42. The van der Waals surface area contributed by atoms with E-state index in [0.717, 1.165) is 25.2 Å². The third-order valence-electron chi connectivity index (χ3n) is 2.74. The highest BCUT2D eigenvalue weighted by atomic mass is 16.2. The highest BCUT2D eigenvalue weighted by Crippen LogP contribution is 2.18. The van der Waals surface area contributed by atoms with Crippen LogP contribution in [0.4, 0.5) is 5.82 Å². The molecule has 6 nitrogen and oxygen atoms in total. The number of nitrogens with zero attached hydrogens (tertiary/aromatic N) is 1. The number of rotatable bonds is 6. The monoisotopic (exact) mass is 262 g/mol. The lowest BCUT2D eigenvalue weighted by atomic mass is 10.2. The van der Waals surface area contributed by atoms with Gasteiger partial charge in [0.1, 0.15) is 5.82 Å². The summed E-state index contributed by atoms with van der Waals surface area (Å²) in [5.41, 5.74) is 0.445. The van der Waals surface area contributed by atoms with Crippen molar-refractivity contribution in [2.24, 2.45) is 0 Å². The summed E-state index contributed by atoms with van der Waals surface area (Å²) in [7, 11) is 0. The van der Waals surface area contributed by atoms with Gasteiger partial charge in [-0.1, -0.05) is 0 Å². The van der Waals surface area contributed by atoms with Crippen molar-refractivity contribution >= 4 is 17.6 Å². The average molecular weight is 262 g/mol. The van der Waals surface area contributed by atoms with Gasteiger partial charge in [0.05, 0.1) is 12.1 Å². The summed E-state index contributed by atoms with van der Waals surface area (Å²) in [6.07, 6.45) is 3.57. The minimum Gasteiger partial charge on any atom is -0.370 e. The van der Waals surface area contributed by atoms with Crippen LogP contribution in [0.1, 0.15) is 30.1 Å². The molecule has 0 atom stereocenters. The molecule has 1 aromatic rings. The van der Waals surface area contributed by atoms with Gasteiger partial charge in [-0.05, 0) is 31.9 Å². The largest absolute Gasteiger partial charge is 0.370 e. The first-order chi connectivity index (χ1) is 9.19. The second kappa shape index (κ2) is 6.17. The van der Waals surface area contributed by atoms with E-state index < -0.39 is 0 Å². The van der Waals surface area contributed by atoms with Crippen LogP contribution in [0.5, 0.6) is 0 Å². The van der Waals surface area contributed by atoms with Crippen molar-refractivity contribution in [1.29, 1.82) is 0 Å². The zero-order valence-corrected chi connectivity index (χ0v) is 10.9. The lowest BCUT2D eigenvalue weighted by molar-refractivity contribution is -0.120. The number of aromatic nitrogens is 1. The van der Waals surface area contributed by atoms with Gasteiger partial charge in [-0.3, -0.25) is 9.59 Å². The Labute approximate surface area is 112 Å². The number of amides is 2. The predicted octanol–water partition coefficient (Wildman–Crippen LogP) is 0.522. The minimum absolute atomic E-state index is 0.00426. The summed E-state index contributed by atoms with van der Waals surface area (Å²) < 4.78 is 0. The van der Waals surface area contributed by atoms with Crippen LogP contribution in [0.15, 0.2) is 18.3 Å². The number of pyridine rings is 1. The molecule has 1 fully saturated rings. The number of hydrogen-bond acceptors (Lipinski definition) is 4. The molecule has 1 aliphatic rings. The van der Waals surface area contributed by atoms with E-state index in [2.05, 4.69) is 20.9 Å². The van der Waals surface area contributed by atoms with Gasteiger partial charge < -0.3 is 16.0 Å². The molecule has 1 aromatic heterocycles. The summed E-state index contributed by atoms with van der Waals surface area (Å²) in [4.78, 5) is 27.3. The van der Waals surface area contributed by atoms with Crippen LogP contribution in [0.3, 0.4) is 0 Å². The normalized spacial score (nSPS) is 13.7.